The lowest BCUT2D eigenvalue weighted by molar-refractivity contribution is -0.140. The highest BCUT2D eigenvalue weighted by Gasteiger charge is 2.14. The van der Waals surface area contributed by atoms with Crippen LogP contribution in [0.1, 0.15) is 50.7 Å². The summed E-state index contributed by atoms with van der Waals surface area (Å²) in [6.07, 6.45) is 2.05. The molecular formula is C28H34O6. The van der Waals surface area contributed by atoms with E-state index >= 15 is 0 Å². The van der Waals surface area contributed by atoms with E-state index < -0.39 is 11.9 Å². The summed E-state index contributed by atoms with van der Waals surface area (Å²) in [4.78, 5) is 22.8. The Labute approximate surface area is 202 Å². The third kappa shape index (κ3) is 8.77. The zero-order valence-corrected chi connectivity index (χ0v) is 20.3. The van der Waals surface area contributed by atoms with Gasteiger partial charge in [0.15, 0.2) is 0 Å². The quantitative estimate of drug-likeness (QED) is 0.205. The van der Waals surface area contributed by atoms with Crippen LogP contribution in [0.4, 0.5) is 0 Å². The van der Waals surface area contributed by atoms with Crippen LogP contribution in [0.2, 0.25) is 0 Å². The molecule has 6 nitrogen and oxygen atoms in total. The fourth-order valence-corrected chi connectivity index (χ4v) is 3.24. The van der Waals surface area contributed by atoms with E-state index in [1.807, 2.05) is 24.3 Å². The molecule has 0 fully saturated rings. The molecular weight excluding hydrogens is 432 g/mol. The molecule has 0 unspecified atom stereocenters. The molecule has 2 rings (SSSR count). The first-order valence-electron chi connectivity index (χ1n) is 11.4. The topological polar surface area (TPSA) is 71.1 Å². The molecule has 0 bridgehead atoms. The SMILES string of the molecule is C=C(C)C(=O)OCCOc1ccc(C(CCC)c2ccc(OCCOC(=O)C(=C)C)cc2)cc1. The molecule has 0 heterocycles. The van der Waals surface area contributed by atoms with E-state index in [4.69, 9.17) is 18.9 Å². The Bertz CT molecular complexity index is 882. The maximum atomic E-state index is 11.4. The summed E-state index contributed by atoms with van der Waals surface area (Å²) in [5, 5.41) is 0. The van der Waals surface area contributed by atoms with Gasteiger partial charge in [-0.15, -0.1) is 0 Å². The largest absolute Gasteiger partial charge is 0.490 e. The van der Waals surface area contributed by atoms with Crippen LogP contribution in [0, 0.1) is 0 Å². The van der Waals surface area contributed by atoms with Gasteiger partial charge in [0.25, 0.3) is 0 Å². The van der Waals surface area contributed by atoms with Gasteiger partial charge in [0.1, 0.15) is 37.9 Å². The Kier molecular flexibility index (Phi) is 10.9. The Balaban J connectivity index is 1.90. The number of carbonyl (C=O) groups is 2. The molecule has 0 atom stereocenters. The third-order valence-corrected chi connectivity index (χ3v) is 5.01. The van der Waals surface area contributed by atoms with E-state index in [-0.39, 0.29) is 32.3 Å². The minimum atomic E-state index is -0.413. The summed E-state index contributed by atoms with van der Waals surface area (Å²) >= 11 is 0. The second-order valence-corrected chi connectivity index (χ2v) is 8.01. The predicted octanol–water partition coefficient (Wildman–Crippen LogP) is 5.61. The average Bonchev–Trinajstić information content (AvgIpc) is 2.83. The molecule has 2 aromatic carbocycles. The summed E-state index contributed by atoms with van der Waals surface area (Å²) in [6, 6.07) is 16.0. The summed E-state index contributed by atoms with van der Waals surface area (Å²) in [6.45, 7) is 13.4. The van der Waals surface area contributed by atoms with Gasteiger partial charge in [-0.25, -0.2) is 9.59 Å². The fraction of sp³-hybridized carbons (Fsp3) is 0.357. The van der Waals surface area contributed by atoms with Gasteiger partial charge in [-0.3, -0.25) is 0 Å². The second kappa shape index (κ2) is 13.9. The lowest BCUT2D eigenvalue weighted by Gasteiger charge is -2.18. The molecule has 0 spiro atoms. The summed E-state index contributed by atoms with van der Waals surface area (Å²) in [7, 11) is 0. The molecule has 0 aromatic heterocycles. The van der Waals surface area contributed by atoms with Crippen LogP contribution >= 0.6 is 0 Å². The molecule has 0 saturated carbocycles. The fourth-order valence-electron chi connectivity index (χ4n) is 3.24. The van der Waals surface area contributed by atoms with Crippen LogP contribution in [0.3, 0.4) is 0 Å². The summed E-state index contributed by atoms with van der Waals surface area (Å²) < 4.78 is 21.4. The number of hydrogen-bond donors (Lipinski definition) is 0. The number of ether oxygens (including phenoxy) is 4. The van der Waals surface area contributed by atoms with Gasteiger partial charge in [-0.05, 0) is 55.7 Å². The summed E-state index contributed by atoms with van der Waals surface area (Å²) in [5.74, 6) is 0.872. The number of rotatable bonds is 14. The molecule has 0 N–H and O–H groups in total. The highest BCUT2D eigenvalue weighted by molar-refractivity contribution is 5.87. The van der Waals surface area contributed by atoms with Crippen LogP contribution in [0.15, 0.2) is 72.8 Å². The number of benzene rings is 2. The molecule has 6 heteroatoms. The van der Waals surface area contributed by atoms with Crippen molar-refractivity contribution >= 4 is 11.9 Å². The van der Waals surface area contributed by atoms with Crippen LogP contribution in [0.25, 0.3) is 0 Å². The molecule has 34 heavy (non-hydrogen) atoms. The molecule has 0 aliphatic carbocycles. The Morgan fingerprint density at radius 3 is 1.41 bits per heavy atom. The first-order valence-corrected chi connectivity index (χ1v) is 11.4. The third-order valence-electron chi connectivity index (χ3n) is 5.01. The first kappa shape index (κ1) is 26.7. The van der Waals surface area contributed by atoms with Gasteiger partial charge in [0, 0.05) is 17.1 Å². The van der Waals surface area contributed by atoms with E-state index in [1.54, 1.807) is 13.8 Å². The zero-order valence-electron chi connectivity index (χ0n) is 20.3. The van der Waals surface area contributed by atoms with Crippen molar-refractivity contribution in [2.24, 2.45) is 0 Å². The Morgan fingerprint density at radius 2 is 1.09 bits per heavy atom. The van der Waals surface area contributed by atoms with Crippen molar-refractivity contribution in [1.29, 1.82) is 0 Å². The van der Waals surface area contributed by atoms with Gasteiger partial charge < -0.3 is 18.9 Å². The van der Waals surface area contributed by atoms with E-state index in [9.17, 15) is 9.59 Å². The molecule has 0 radical (unpaired) electrons. The van der Waals surface area contributed by atoms with Crippen molar-refractivity contribution in [3.63, 3.8) is 0 Å². The smallest absolute Gasteiger partial charge is 0.333 e. The van der Waals surface area contributed by atoms with Gasteiger partial charge in [-0.1, -0.05) is 50.8 Å². The van der Waals surface area contributed by atoms with Gasteiger partial charge in [0.2, 0.25) is 0 Å². The van der Waals surface area contributed by atoms with Gasteiger partial charge >= 0.3 is 11.9 Å². The van der Waals surface area contributed by atoms with Crippen LogP contribution in [0.5, 0.6) is 11.5 Å². The number of hydrogen-bond acceptors (Lipinski definition) is 6. The maximum Gasteiger partial charge on any atom is 0.333 e. The molecule has 0 aliphatic rings. The monoisotopic (exact) mass is 466 g/mol. The second-order valence-electron chi connectivity index (χ2n) is 8.01. The number of carbonyl (C=O) groups excluding carboxylic acids is 2. The standard InChI is InChI=1S/C28H34O6/c1-6-7-26(22-8-12-24(13-9-22)31-16-18-33-27(29)20(2)3)23-10-14-25(15-11-23)32-17-19-34-28(30)21(4)5/h8-15,26H,2,4,6-7,16-19H2,1,3,5H3. The van der Waals surface area contributed by atoms with Crippen LogP contribution in [-0.2, 0) is 19.1 Å². The van der Waals surface area contributed by atoms with Crippen LogP contribution in [-0.4, -0.2) is 38.4 Å². The normalized spacial score (nSPS) is 10.5. The lowest BCUT2D eigenvalue weighted by atomic mass is 9.87. The van der Waals surface area contributed by atoms with Crippen LogP contribution < -0.4 is 9.47 Å². The van der Waals surface area contributed by atoms with E-state index in [2.05, 4.69) is 44.3 Å². The first-order chi connectivity index (χ1) is 16.3. The lowest BCUT2D eigenvalue weighted by Crippen LogP contribution is -2.12. The van der Waals surface area contributed by atoms with Crippen molar-refractivity contribution in [3.8, 4) is 11.5 Å². The van der Waals surface area contributed by atoms with Crippen molar-refractivity contribution in [1.82, 2.24) is 0 Å². The molecule has 182 valence electrons. The van der Waals surface area contributed by atoms with E-state index in [0.29, 0.717) is 11.1 Å². The zero-order chi connectivity index (χ0) is 24.9. The number of esters is 2. The highest BCUT2D eigenvalue weighted by atomic mass is 16.6. The van der Waals surface area contributed by atoms with Gasteiger partial charge in [0.05, 0.1) is 0 Å². The average molecular weight is 467 g/mol. The Morgan fingerprint density at radius 1 is 0.706 bits per heavy atom. The van der Waals surface area contributed by atoms with E-state index in [1.165, 1.54) is 11.1 Å². The highest BCUT2D eigenvalue weighted by Crippen LogP contribution is 2.31. The summed E-state index contributed by atoms with van der Waals surface area (Å²) in [5.41, 5.74) is 3.14. The van der Waals surface area contributed by atoms with E-state index in [0.717, 1.165) is 24.3 Å². The van der Waals surface area contributed by atoms with Crippen molar-refractivity contribution in [3.05, 3.63) is 84.0 Å². The minimum Gasteiger partial charge on any atom is -0.490 e. The molecule has 2 aromatic rings. The predicted molar refractivity (Wildman–Crippen MR) is 132 cm³/mol. The Hall–Kier alpha value is -3.54. The maximum absolute atomic E-state index is 11.4. The van der Waals surface area contributed by atoms with Crippen molar-refractivity contribution < 1.29 is 28.5 Å². The van der Waals surface area contributed by atoms with Gasteiger partial charge in [-0.2, -0.15) is 0 Å². The molecule has 0 saturated heterocycles. The minimum absolute atomic E-state index is 0.177. The van der Waals surface area contributed by atoms with Crippen molar-refractivity contribution in [2.75, 3.05) is 26.4 Å². The molecule has 0 aliphatic heterocycles. The van der Waals surface area contributed by atoms with Crippen molar-refractivity contribution in [2.45, 2.75) is 39.5 Å². The molecule has 0 amide bonds.